The zero-order valence-corrected chi connectivity index (χ0v) is 17.9. The summed E-state index contributed by atoms with van der Waals surface area (Å²) in [4.78, 5) is 30.2. The van der Waals surface area contributed by atoms with E-state index in [9.17, 15) is 15.0 Å². The molecule has 0 bridgehead atoms. The Morgan fingerprint density at radius 3 is 2.76 bits per heavy atom. The van der Waals surface area contributed by atoms with Gasteiger partial charge < -0.3 is 20.1 Å². The number of Topliss-reactive ketones (excluding diaryl/α,β-unsaturated/α-hetero) is 1. The van der Waals surface area contributed by atoms with Crippen molar-refractivity contribution in [2.24, 2.45) is 11.3 Å². The van der Waals surface area contributed by atoms with Gasteiger partial charge in [0.2, 0.25) is 0 Å². The number of anilines is 1. The van der Waals surface area contributed by atoms with Crippen molar-refractivity contribution in [2.75, 3.05) is 12.4 Å². The average Bonchev–Trinajstić information content (AvgIpc) is 3.10. The third-order valence-corrected chi connectivity index (χ3v) is 6.92. The van der Waals surface area contributed by atoms with Crippen LogP contribution in [-0.4, -0.2) is 74.7 Å². The summed E-state index contributed by atoms with van der Waals surface area (Å²) in [5.41, 5.74) is 1.31. The molecule has 12 nitrogen and oxygen atoms in total. The van der Waals surface area contributed by atoms with E-state index in [1.165, 1.54) is 11.6 Å². The van der Waals surface area contributed by atoms with E-state index in [0.29, 0.717) is 34.8 Å². The number of hydrogen-bond acceptors (Lipinski definition) is 10. The van der Waals surface area contributed by atoms with Gasteiger partial charge in [-0.05, 0) is 31.4 Å². The molecule has 0 aromatic carbocycles. The molecule has 0 aliphatic heterocycles. The van der Waals surface area contributed by atoms with Gasteiger partial charge in [-0.15, -0.1) is 5.10 Å². The molecule has 0 spiro atoms. The van der Waals surface area contributed by atoms with E-state index < -0.39 is 23.7 Å². The predicted molar refractivity (Wildman–Crippen MR) is 115 cm³/mol. The zero-order chi connectivity index (χ0) is 22.9. The number of pyridine rings is 1. The number of carbonyl (C=O) groups is 1. The number of imidazole rings is 1. The van der Waals surface area contributed by atoms with Gasteiger partial charge >= 0.3 is 0 Å². The highest BCUT2D eigenvalue weighted by molar-refractivity contribution is 5.88. The molecule has 12 heteroatoms. The van der Waals surface area contributed by atoms with E-state index in [1.54, 1.807) is 30.3 Å². The molecule has 0 saturated heterocycles. The first-order valence-electron chi connectivity index (χ1n) is 10.6. The van der Waals surface area contributed by atoms with Gasteiger partial charge in [0.25, 0.3) is 5.95 Å². The maximum absolute atomic E-state index is 12.2. The highest BCUT2D eigenvalue weighted by Gasteiger charge is 2.74. The summed E-state index contributed by atoms with van der Waals surface area (Å²) in [6, 6.07) is 4.99. The summed E-state index contributed by atoms with van der Waals surface area (Å²) >= 11 is 0. The topological polar surface area (TPSA) is 157 Å². The molecule has 2 aliphatic carbocycles. The second-order valence-electron chi connectivity index (χ2n) is 8.54. The minimum Gasteiger partial charge on any atom is -0.389 e. The van der Waals surface area contributed by atoms with Gasteiger partial charge in [-0.2, -0.15) is 14.6 Å². The smallest absolute Gasteiger partial charge is 0.256 e. The Kier molecular flexibility index (Phi) is 4.13. The summed E-state index contributed by atoms with van der Waals surface area (Å²) in [7, 11) is 1.72. The van der Waals surface area contributed by atoms with E-state index >= 15 is 0 Å². The largest absolute Gasteiger partial charge is 0.389 e. The third kappa shape index (κ3) is 2.67. The van der Waals surface area contributed by atoms with Crippen LogP contribution in [0.15, 0.2) is 36.9 Å². The molecule has 4 aromatic rings. The van der Waals surface area contributed by atoms with Crippen LogP contribution in [0.2, 0.25) is 0 Å². The van der Waals surface area contributed by atoms with E-state index in [-0.39, 0.29) is 17.6 Å². The quantitative estimate of drug-likeness (QED) is 0.391. The van der Waals surface area contributed by atoms with Gasteiger partial charge in [-0.1, -0.05) is 11.3 Å². The Balaban J connectivity index is 1.45. The summed E-state index contributed by atoms with van der Waals surface area (Å²) < 4.78 is 3.17. The number of aliphatic hydroxyl groups excluding tert-OH is 2. The number of carbonyl (C=O) groups excluding carboxylic acids is 1. The fourth-order valence-electron chi connectivity index (χ4n) is 5.16. The first-order chi connectivity index (χ1) is 16.0. The molecule has 168 valence electrons. The number of aromatic nitrogens is 8. The van der Waals surface area contributed by atoms with Crippen LogP contribution < -0.4 is 5.32 Å². The van der Waals surface area contributed by atoms with Crippen LogP contribution in [0, 0.1) is 11.3 Å². The summed E-state index contributed by atoms with van der Waals surface area (Å²) in [5.74, 6) is 0.438. The molecule has 4 heterocycles. The normalized spacial score (nSPS) is 28.1. The molecule has 33 heavy (non-hydrogen) atoms. The molecule has 6 rings (SSSR count). The molecule has 4 aromatic heterocycles. The van der Waals surface area contributed by atoms with Crippen LogP contribution in [0.1, 0.15) is 19.4 Å². The van der Waals surface area contributed by atoms with Crippen molar-refractivity contribution < 1.29 is 15.0 Å². The maximum Gasteiger partial charge on any atom is 0.256 e. The van der Waals surface area contributed by atoms with Gasteiger partial charge in [0.1, 0.15) is 17.6 Å². The Morgan fingerprint density at radius 1 is 1.21 bits per heavy atom. The molecule has 5 atom stereocenters. The number of hydrogen-bond donors (Lipinski definition) is 3. The Morgan fingerprint density at radius 2 is 2.06 bits per heavy atom. The van der Waals surface area contributed by atoms with Crippen LogP contribution in [0.5, 0.6) is 0 Å². The fourth-order valence-corrected chi connectivity index (χ4v) is 5.16. The van der Waals surface area contributed by atoms with Crippen molar-refractivity contribution in [2.45, 2.75) is 31.6 Å². The van der Waals surface area contributed by atoms with Crippen molar-refractivity contribution in [3.63, 3.8) is 0 Å². The Bertz CT molecular complexity index is 1380. The number of ketones is 1. The van der Waals surface area contributed by atoms with E-state index in [0.717, 1.165) is 0 Å². The minimum absolute atomic E-state index is 0.109. The molecular weight excluding hydrogens is 426 g/mol. The summed E-state index contributed by atoms with van der Waals surface area (Å²) in [5, 5.41) is 32.8. The predicted octanol–water partition coefficient (Wildman–Crippen LogP) is 0.382. The molecule has 2 unspecified atom stereocenters. The van der Waals surface area contributed by atoms with Crippen molar-refractivity contribution >= 4 is 22.8 Å². The lowest BCUT2D eigenvalue weighted by Gasteiger charge is -2.23. The number of aliphatic hydroxyl groups is 2. The van der Waals surface area contributed by atoms with Crippen molar-refractivity contribution in [3.05, 3.63) is 36.9 Å². The highest BCUT2D eigenvalue weighted by Crippen LogP contribution is 2.68. The van der Waals surface area contributed by atoms with E-state index in [2.05, 4.69) is 35.6 Å². The van der Waals surface area contributed by atoms with Crippen LogP contribution in [0.25, 0.3) is 28.5 Å². The third-order valence-electron chi connectivity index (χ3n) is 6.92. The average molecular weight is 447 g/mol. The SMILES string of the molecule is CNc1nc(-n2cc(-c3ccccn3)nn2)nc2c1ncn2[C@@H]1C2C[C@]2(C(C)=O)C(O)[C@H]1O. The monoisotopic (exact) mass is 447 g/mol. The number of nitrogens with zero attached hydrogens (tertiary/aromatic N) is 8. The molecule has 2 fully saturated rings. The van der Waals surface area contributed by atoms with Crippen molar-refractivity contribution in [3.8, 4) is 17.3 Å². The zero-order valence-electron chi connectivity index (χ0n) is 17.9. The minimum atomic E-state index is -1.12. The highest BCUT2D eigenvalue weighted by atomic mass is 16.3. The van der Waals surface area contributed by atoms with Crippen LogP contribution in [0.3, 0.4) is 0 Å². The standard InChI is InChI=1S/C21H21N9O3/c1-10(31)21-7-11(21)15(16(32)17(21)33)29-9-24-14-18(22-2)25-20(26-19(14)29)30-8-13(27-28-30)12-5-3-4-6-23-12/h3-6,8-9,11,15-17,32-33H,7H2,1-2H3,(H,22,25,26)/t11?,15-,16+,17?,21-/m1/s1. The second-order valence-corrected chi connectivity index (χ2v) is 8.54. The lowest BCUT2D eigenvalue weighted by atomic mass is 9.95. The van der Waals surface area contributed by atoms with Gasteiger partial charge in [-0.3, -0.25) is 9.78 Å². The van der Waals surface area contributed by atoms with Gasteiger partial charge in [0.15, 0.2) is 17.0 Å². The van der Waals surface area contributed by atoms with E-state index in [4.69, 9.17) is 0 Å². The number of rotatable bonds is 5. The van der Waals surface area contributed by atoms with Crippen LogP contribution in [0.4, 0.5) is 5.82 Å². The van der Waals surface area contributed by atoms with Gasteiger partial charge in [-0.25, -0.2) is 4.98 Å². The van der Waals surface area contributed by atoms with Gasteiger partial charge in [0.05, 0.1) is 35.8 Å². The Hall–Kier alpha value is -3.77. The fraction of sp³-hybridized carbons (Fsp3) is 0.381. The molecule has 0 radical (unpaired) electrons. The lowest BCUT2D eigenvalue weighted by Crippen LogP contribution is -2.36. The van der Waals surface area contributed by atoms with Crippen LogP contribution >= 0.6 is 0 Å². The van der Waals surface area contributed by atoms with Crippen LogP contribution in [-0.2, 0) is 4.79 Å². The number of fused-ring (bicyclic) bond motifs is 2. The molecule has 2 saturated carbocycles. The second kappa shape index (κ2) is 6.86. The molecule has 2 aliphatic rings. The van der Waals surface area contributed by atoms with Crippen molar-refractivity contribution in [1.82, 2.24) is 39.5 Å². The van der Waals surface area contributed by atoms with Crippen molar-refractivity contribution in [1.29, 1.82) is 0 Å². The number of nitrogens with one attached hydrogen (secondary N) is 1. The summed E-state index contributed by atoms with van der Waals surface area (Å²) in [6.07, 6.45) is 3.22. The lowest BCUT2D eigenvalue weighted by molar-refractivity contribution is -0.128. The first-order valence-corrected chi connectivity index (χ1v) is 10.6. The summed E-state index contributed by atoms with van der Waals surface area (Å²) in [6.45, 7) is 1.47. The maximum atomic E-state index is 12.2. The Labute approximate surface area is 187 Å². The molecule has 3 N–H and O–H groups in total. The molecule has 0 amide bonds. The van der Waals surface area contributed by atoms with E-state index in [1.807, 2.05) is 18.2 Å². The van der Waals surface area contributed by atoms with Gasteiger partial charge in [0, 0.05) is 13.2 Å². The first kappa shape index (κ1) is 19.9. The molecular formula is C21H21N9O3.